The fourth-order valence-corrected chi connectivity index (χ4v) is 2.33. The van der Waals surface area contributed by atoms with E-state index < -0.39 is 5.41 Å². The Kier molecular flexibility index (Phi) is 8.96. The topological polar surface area (TPSA) is 66.0 Å². The fraction of sp³-hybridized carbons (Fsp3) is 0.600. The molecule has 146 valence electrons. The second-order valence-electron chi connectivity index (χ2n) is 6.95. The zero-order valence-corrected chi connectivity index (χ0v) is 17.1. The number of nitrogens with zero attached hydrogens (tertiary/aromatic N) is 2. The van der Waals surface area contributed by atoms with Crippen molar-refractivity contribution < 1.29 is 9.53 Å². The summed E-state index contributed by atoms with van der Waals surface area (Å²) in [5.74, 6) is 1.70. The van der Waals surface area contributed by atoms with Crippen LogP contribution in [0.1, 0.15) is 33.3 Å². The van der Waals surface area contributed by atoms with Crippen molar-refractivity contribution in [2.75, 3.05) is 39.8 Å². The highest BCUT2D eigenvalue weighted by Gasteiger charge is 2.27. The van der Waals surface area contributed by atoms with Gasteiger partial charge in [-0.2, -0.15) is 0 Å². The van der Waals surface area contributed by atoms with Crippen molar-refractivity contribution in [1.82, 2.24) is 15.5 Å². The summed E-state index contributed by atoms with van der Waals surface area (Å²) in [5.41, 5.74) is 0.578. The maximum Gasteiger partial charge on any atom is 0.227 e. The lowest BCUT2D eigenvalue weighted by Gasteiger charge is -2.25. The number of benzene rings is 1. The molecule has 0 bridgehead atoms. The third kappa shape index (κ3) is 6.94. The number of nitrogens with one attached hydrogen (secondary N) is 2. The molecule has 0 saturated carbocycles. The van der Waals surface area contributed by atoms with Gasteiger partial charge in [0.15, 0.2) is 5.96 Å². The molecule has 0 aliphatic rings. The maximum absolute atomic E-state index is 12.1. The molecule has 1 rings (SSSR count). The van der Waals surface area contributed by atoms with Crippen LogP contribution in [-0.2, 0) is 4.79 Å². The molecule has 26 heavy (non-hydrogen) atoms. The van der Waals surface area contributed by atoms with E-state index in [1.165, 1.54) is 0 Å². The summed E-state index contributed by atoms with van der Waals surface area (Å²) in [4.78, 5) is 18.8. The Morgan fingerprint density at radius 3 is 2.46 bits per heavy atom. The van der Waals surface area contributed by atoms with Gasteiger partial charge in [0.05, 0.1) is 18.5 Å². The van der Waals surface area contributed by atoms with Crippen LogP contribution in [0, 0.1) is 12.3 Å². The number of para-hydroxylation sites is 1. The summed E-state index contributed by atoms with van der Waals surface area (Å²) in [5, 5.41) is 6.14. The number of hydrogen-bond acceptors (Lipinski definition) is 3. The molecule has 0 aliphatic heterocycles. The third-order valence-corrected chi connectivity index (χ3v) is 4.05. The summed E-state index contributed by atoms with van der Waals surface area (Å²) in [7, 11) is 1.97. The second kappa shape index (κ2) is 10.7. The number of amides is 1. The van der Waals surface area contributed by atoms with Crippen LogP contribution in [0.5, 0.6) is 5.75 Å². The molecule has 0 heterocycles. The number of aryl methyl sites for hydroxylation is 1. The van der Waals surface area contributed by atoms with E-state index >= 15 is 0 Å². The number of carbonyl (C=O) groups is 1. The summed E-state index contributed by atoms with van der Waals surface area (Å²) in [6, 6.07) is 7.99. The highest BCUT2D eigenvalue weighted by molar-refractivity contribution is 5.83. The zero-order chi connectivity index (χ0) is 19.6. The minimum absolute atomic E-state index is 0.0186. The number of rotatable bonds is 9. The summed E-state index contributed by atoms with van der Waals surface area (Å²) < 4.78 is 5.86. The van der Waals surface area contributed by atoms with Gasteiger partial charge in [-0.1, -0.05) is 18.2 Å². The van der Waals surface area contributed by atoms with Gasteiger partial charge in [0.25, 0.3) is 0 Å². The van der Waals surface area contributed by atoms with Crippen LogP contribution >= 0.6 is 0 Å². The van der Waals surface area contributed by atoms with Crippen molar-refractivity contribution >= 4 is 11.9 Å². The van der Waals surface area contributed by atoms with Crippen LogP contribution in [0.15, 0.2) is 29.3 Å². The number of hydrogen-bond donors (Lipinski definition) is 2. The first-order valence-corrected chi connectivity index (χ1v) is 9.28. The van der Waals surface area contributed by atoms with E-state index in [0.29, 0.717) is 26.2 Å². The molecule has 1 aromatic rings. The molecule has 0 saturated heterocycles. The molecule has 0 unspecified atom stereocenters. The minimum Gasteiger partial charge on any atom is -0.491 e. The maximum atomic E-state index is 12.1. The summed E-state index contributed by atoms with van der Waals surface area (Å²) >= 11 is 0. The van der Waals surface area contributed by atoms with E-state index in [1.54, 1.807) is 0 Å². The van der Waals surface area contributed by atoms with Crippen molar-refractivity contribution in [2.24, 2.45) is 10.4 Å². The molecular weight excluding hydrogens is 328 g/mol. The molecule has 0 spiro atoms. The smallest absolute Gasteiger partial charge is 0.227 e. The fourth-order valence-electron chi connectivity index (χ4n) is 2.33. The van der Waals surface area contributed by atoms with Crippen molar-refractivity contribution in [2.45, 2.75) is 34.6 Å². The number of aliphatic imine (C=N–C) groups is 1. The lowest BCUT2D eigenvalue weighted by Crippen LogP contribution is -2.43. The van der Waals surface area contributed by atoms with Crippen molar-refractivity contribution in [3.8, 4) is 5.75 Å². The van der Waals surface area contributed by atoms with Gasteiger partial charge in [-0.05, 0) is 46.2 Å². The largest absolute Gasteiger partial charge is 0.491 e. The SMILES string of the molecule is CCNC(=O)C(C)(C)CN=C(NCC)N(C)CCOc1ccccc1C. The van der Waals surface area contributed by atoms with Gasteiger partial charge in [-0.25, -0.2) is 0 Å². The average Bonchev–Trinajstić information content (AvgIpc) is 2.60. The number of ether oxygens (including phenoxy) is 1. The molecule has 1 amide bonds. The predicted octanol–water partition coefficient (Wildman–Crippen LogP) is 2.43. The van der Waals surface area contributed by atoms with Crippen LogP contribution in [0.3, 0.4) is 0 Å². The molecule has 0 fully saturated rings. The van der Waals surface area contributed by atoms with Crippen LogP contribution in [0.25, 0.3) is 0 Å². The van der Waals surface area contributed by atoms with Gasteiger partial charge in [-0.3, -0.25) is 9.79 Å². The van der Waals surface area contributed by atoms with E-state index in [-0.39, 0.29) is 5.91 Å². The van der Waals surface area contributed by atoms with E-state index in [9.17, 15) is 4.79 Å². The molecule has 0 atom stereocenters. The van der Waals surface area contributed by atoms with Crippen LogP contribution in [0.4, 0.5) is 0 Å². The molecular formula is C20H34N4O2. The highest BCUT2D eigenvalue weighted by atomic mass is 16.5. The zero-order valence-electron chi connectivity index (χ0n) is 17.1. The summed E-state index contributed by atoms with van der Waals surface area (Å²) in [6.45, 7) is 12.9. The second-order valence-corrected chi connectivity index (χ2v) is 6.95. The Bertz CT molecular complexity index is 599. The van der Waals surface area contributed by atoms with E-state index in [0.717, 1.165) is 23.8 Å². The third-order valence-electron chi connectivity index (χ3n) is 4.05. The molecule has 0 aromatic heterocycles. The Labute approximate surface area is 158 Å². The van der Waals surface area contributed by atoms with Gasteiger partial charge in [-0.15, -0.1) is 0 Å². The molecule has 0 aliphatic carbocycles. The Morgan fingerprint density at radius 1 is 1.19 bits per heavy atom. The first-order chi connectivity index (χ1) is 12.3. The van der Waals surface area contributed by atoms with Crippen LogP contribution in [-0.4, -0.2) is 56.6 Å². The van der Waals surface area contributed by atoms with Gasteiger partial charge in [0.2, 0.25) is 5.91 Å². The molecule has 6 heteroatoms. The van der Waals surface area contributed by atoms with Crippen molar-refractivity contribution in [3.05, 3.63) is 29.8 Å². The highest BCUT2D eigenvalue weighted by Crippen LogP contribution is 2.17. The van der Waals surface area contributed by atoms with Gasteiger partial charge in [0, 0.05) is 20.1 Å². The van der Waals surface area contributed by atoms with Crippen LogP contribution in [0.2, 0.25) is 0 Å². The number of carbonyl (C=O) groups excluding carboxylic acids is 1. The lowest BCUT2D eigenvalue weighted by atomic mass is 9.92. The van der Waals surface area contributed by atoms with Crippen LogP contribution < -0.4 is 15.4 Å². The molecule has 6 nitrogen and oxygen atoms in total. The Balaban J connectivity index is 2.63. The first kappa shape index (κ1) is 21.8. The normalized spacial score (nSPS) is 11.8. The molecule has 1 aromatic carbocycles. The van der Waals surface area contributed by atoms with Crippen molar-refractivity contribution in [1.29, 1.82) is 0 Å². The van der Waals surface area contributed by atoms with E-state index in [1.807, 2.05) is 70.8 Å². The quantitative estimate of drug-likeness (QED) is 0.523. The predicted molar refractivity (Wildman–Crippen MR) is 108 cm³/mol. The van der Waals surface area contributed by atoms with Crippen molar-refractivity contribution in [3.63, 3.8) is 0 Å². The first-order valence-electron chi connectivity index (χ1n) is 9.28. The molecule has 0 radical (unpaired) electrons. The minimum atomic E-state index is -0.546. The monoisotopic (exact) mass is 362 g/mol. The number of likely N-dealkylation sites (N-methyl/N-ethyl adjacent to an activating group) is 1. The average molecular weight is 363 g/mol. The van der Waals surface area contributed by atoms with Gasteiger partial charge < -0.3 is 20.3 Å². The van der Waals surface area contributed by atoms with Gasteiger partial charge in [0.1, 0.15) is 12.4 Å². The Hall–Kier alpha value is -2.24. The molecule has 2 N–H and O–H groups in total. The van der Waals surface area contributed by atoms with E-state index in [2.05, 4.69) is 15.6 Å². The standard InChI is InChI=1S/C20H34N4O2/c1-7-21-18(25)20(4,5)15-23-19(22-8-2)24(6)13-14-26-17-12-10-9-11-16(17)3/h9-12H,7-8,13-15H2,1-6H3,(H,21,25)(H,22,23). The summed E-state index contributed by atoms with van der Waals surface area (Å²) in [6.07, 6.45) is 0. The lowest BCUT2D eigenvalue weighted by molar-refractivity contribution is -0.128. The van der Waals surface area contributed by atoms with Gasteiger partial charge >= 0.3 is 0 Å². The van der Waals surface area contributed by atoms with E-state index in [4.69, 9.17) is 4.74 Å². The Morgan fingerprint density at radius 2 is 1.85 bits per heavy atom. The number of guanidine groups is 1.